The number of benzene rings is 1. The second kappa shape index (κ2) is 5.05. The fourth-order valence-electron chi connectivity index (χ4n) is 1.64. The molecule has 16 heavy (non-hydrogen) atoms. The molecule has 0 saturated carbocycles. The van der Waals surface area contributed by atoms with Crippen LogP contribution in [0, 0.1) is 0 Å². The minimum absolute atomic E-state index is 0.256. The molecule has 1 aromatic rings. The van der Waals surface area contributed by atoms with Gasteiger partial charge in [0.25, 0.3) is 0 Å². The summed E-state index contributed by atoms with van der Waals surface area (Å²) in [5.41, 5.74) is 4.38. The number of hydrogen-bond acceptors (Lipinski definition) is 4. The molecule has 1 aliphatic rings. The van der Waals surface area contributed by atoms with Crippen LogP contribution in [0.4, 0.5) is 0 Å². The molecule has 2 unspecified atom stereocenters. The zero-order valence-electron chi connectivity index (χ0n) is 9.06. The van der Waals surface area contributed by atoms with E-state index < -0.39 is 11.1 Å². The Balaban J connectivity index is 2.24. The van der Waals surface area contributed by atoms with Gasteiger partial charge in [0.1, 0.15) is 0 Å². The SMILES string of the molecule is CCCCc1ccc(C2NO2)c(S(=O)[O-])c1. The molecule has 1 saturated heterocycles. The molecule has 5 heteroatoms. The zero-order chi connectivity index (χ0) is 11.5. The van der Waals surface area contributed by atoms with Gasteiger partial charge in [-0.3, -0.25) is 9.05 Å². The van der Waals surface area contributed by atoms with Gasteiger partial charge in [0.2, 0.25) is 0 Å². The van der Waals surface area contributed by atoms with Crippen molar-refractivity contribution < 1.29 is 13.6 Å². The molecule has 1 fully saturated rings. The van der Waals surface area contributed by atoms with Crippen LogP contribution in [0.5, 0.6) is 0 Å². The largest absolute Gasteiger partial charge is 0.768 e. The van der Waals surface area contributed by atoms with E-state index in [4.69, 9.17) is 4.84 Å². The molecule has 1 N–H and O–H groups in total. The molecule has 0 aromatic heterocycles. The summed E-state index contributed by atoms with van der Waals surface area (Å²) in [6.07, 6.45) is 2.83. The summed E-state index contributed by atoms with van der Waals surface area (Å²) in [5.74, 6) is 0. The van der Waals surface area contributed by atoms with Crippen molar-refractivity contribution >= 4 is 11.1 Å². The first kappa shape index (κ1) is 11.7. The lowest BCUT2D eigenvalue weighted by Gasteiger charge is -2.11. The van der Waals surface area contributed by atoms with E-state index in [1.807, 2.05) is 12.1 Å². The Morgan fingerprint density at radius 1 is 1.56 bits per heavy atom. The number of nitrogens with one attached hydrogen (secondary N) is 1. The maximum absolute atomic E-state index is 11.1. The van der Waals surface area contributed by atoms with Crippen LogP contribution < -0.4 is 5.48 Å². The van der Waals surface area contributed by atoms with Crippen LogP contribution in [0.3, 0.4) is 0 Å². The topological polar surface area (TPSA) is 74.6 Å². The monoisotopic (exact) mass is 240 g/mol. The minimum Gasteiger partial charge on any atom is -0.768 e. The van der Waals surface area contributed by atoms with Crippen molar-refractivity contribution in [3.8, 4) is 0 Å². The first-order chi connectivity index (χ1) is 7.72. The number of hydrogen-bond donors (Lipinski definition) is 1. The predicted octanol–water partition coefficient (Wildman–Crippen LogP) is 1.80. The predicted molar refractivity (Wildman–Crippen MR) is 59.2 cm³/mol. The quantitative estimate of drug-likeness (QED) is 0.629. The second-order valence-electron chi connectivity index (χ2n) is 3.83. The van der Waals surface area contributed by atoms with Crippen LogP contribution in [0.1, 0.15) is 37.1 Å². The van der Waals surface area contributed by atoms with Crippen molar-refractivity contribution in [3.05, 3.63) is 29.3 Å². The van der Waals surface area contributed by atoms with Gasteiger partial charge < -0.3 is 4.55 Å². The highest BCUT2D eigenvalue weighted by atomic mass is 32.2. The van der Waals surface area contributed by atoms with Crippen LogP contribution in [0.2, 0.25) is 0 Å². The average molecular weight is 240 g/mol. The van der Waals surface area contributed by atoms with Crippen LogP contribution in [0.25, 0.3) is 0 Å². The molecule has 0 amide bonds. The van der Waals surface area contributed by atoms with Crippen molar-refractivity contribution in [2.75, 3.05) is 0 Å². The summed E-state index contributed by atoms with van der Waals surface area (Å²) in [6, 6.07) is 5.52. The van der Waals surface area contributed by atoms with E-state index in [0.717, 1.165) is 24.8 Å². The molecule has 0 spiro atoms. The molecule has 88 valence electrons. The Labute approximate surface area is 97.2 Å². The standard InChI is InChI=1S/C11H15NO3S/c1-2-3-4-8-5-6-9(11-12-15-11)10(7-8)16(13)14/h5-7,11-12H,2-4H2,1H3,(H,13,14)/p-1. The molecule has 1 aliphatic heterocycles. The van der Waals surface area contributed by atoms with E-state index >= 15 is 0 Å². The highest BCUT2D eigenvalue weighted by Crippen LogP contribution is 2.29. The Morgan fingerprint density at radius 2 is 2.31 bits per heavy atom. The van der Waals surface area contributed by atoms with Gasteiger partial charge in [0.05, 0.1) is 0 Å². The summed E-state index contributed by atoms with van der Waals surface area (Å²) < 4.78 is 22.2. The van der Waals surface area contributed by atoms with E-state index in [1.54, 1.807) is 6.07 Å². The highest BCUT2D eigenvalue weighted by molar-refractivity contribution is 7.79. The van der Waals surface area contributed by atoms with Gasteiger partial charge in [-0.15, -0.1) is 0 Å². The lowest BCUT2D eigenvalue weighted by atomic mass is 10.1. The van der Waals surface area contributed by atoms with Crippen molar-refractivity contribution in [2.24, 2.45) is 0 Å². The average Bonchev–Trinajstić information content (AvgIpc) is 3.09. The molecule has 2 atom stereocenters. The fraction of sp³-hybridized carbons (Fsp3) is 0.455. The van der Waals surface area contributed by atoms with Crippen molar-refractivity contribution in [3.63, 3.8) is 0 Å². The first-order valence-electron chi connectivity index (χ1n) is 5.35. The highest BCUT2D eigenvalue weighted by Gasteiger charge is 2.27. The van der Waals surface area contributed by atoms with Crippen molar-refractivity contribution in [1.29, 1.82) is 0 Å². The zero-order valence-corrected chi connectivity index (χ0v) is 9.88. The summed E-state index contributed by atoms with van der Waals surface area (Å²) in [5, 5.41) is 0. The molecular weight excluding hydrogens is 226 g/mol. The fourth-order valence-corrected chi connectivity index (χ4v) is 2.25. The molecule has 0 bridgehead atoms. The molecule has 4 nitrogen and oxygen atoms in total. The maximum Gasteiger partial charge on any atom is 0.177 e. The lowest BCUT2D eigenvalue weighted by molar-refractivity contribution is 0.372. The number of unbranched alkanes of at least 4 members (excludes halogenated alkanes) is 1. The molecule has 0 radical (unpaired) electrons. The van der Waals surface area contributed by atoms with E-state index in [-0.39, 0.29) is 6.23 Å². The number of rotatable bonds is 5. The minimum atomic E-state index is -2.21. The van der Waals surface area contributed by atoms with E-state index in [0.29, 0.717) is 10.5 Å². The first-order valence-corrected chi connectivity index (χ1v) is 6.43. The normalized spacial score (nSPS) is 20.8. The summed E-state index contributed by atoms with van der Waals surface area (Å²) in [6.45, 7) is 2.11. The van der Waals surface area contributed by atoms with Crippen molar-refractivity contribution in [1.82, 2.24) is 5.48 Å². The molecule has 1 aromatic carbocycles. The van der Waals surface area contributed by atoms with Gasteiger partial charge in [-0.25, -0.2) is 0 Å². The van der Waals surface area contributed by atoms with Gasteiger partial charge in [-0.2, -0.15) is 5.48 Å². The van der Waals surface area contributed by atoms with E-state index in [2.05, 4.69) is 12.4 Å². The Bertz CT molecular complexity index is 404. The van der Waals surface area contributed by atoms with Crippen molar-refractivity contribution in [2.45, 2.75) is 37.3 Å². The second-order valence-corrected chi connectivity index (χ2v) is 4.74. The third-order valence-corrected chi connectivity index (χ3v) is 3.31. The Hall–Kier alpha value is -0.750. The van der Waals surface area contributed by atoms with Gasteiger partial charge in [-0.1, -0.05) is 25.5 Å². The van der Waals surface area contributed by atoms with Gasteiger partial charge in [0.15, 0.2) is 6.23 Å². The Morgan fingerprint density at radius 3 is 2.88 bits per heavy atom. The van der Waals surface area contributed by atoms with E-state index in [1.165, 1.54) is 0 Å². The summed E-state index contributed by atoms with van der Waals surface area (Å²) in [7, 11) is 0. The number of hydroxylamine groups is 1. The van der Waals surface area contributed by atoms with Crippen LogP contribution in [-0.2, 0) is 22.3 Å². The van der Waals surface area contributed by atoms with Gasteiger partial charge in [-0.05, 0) is 35.6 Å². The lowest BCUT2D eigenvalue weighted by Crippen LogP contribution is -1.99. The molecule has 1 heterocycles. The summed E-state index contributed by atoms with van der Waals surface area (Å²) >= 11 is -2.21. The Kier molecular flexibility index (Phi) is 3.70. The van der Waals surface area contributed by atoms with E-state index in [9.17, 15) is 8.76 Å². The van der Waals surface area contributed by atoms with Crippen LogP contribution >= 0.6 is 0 Å². The number of aryl methyl sites for hydroxylation is 1. The van der Waals surface area contributed by atoms with Gasteiger partial charge >= 0.3 is 0 Å². The summed E-state index contributed by atoms with van der Waals surface area (Å²) in [4.78, 5) is 5.22. The molecule has 2 rings (SSSR count). The third kappa shape index (κ3) is 2.68. The van der Waals surface area contributed by atoms with Gasteiger partial charge in [0, 0.05) is 10.5 Å². The molecular formula is C11H14NO3S-. The maximum atomic E-state index is 11.1. The van der Waals surface area contributed by atoms with Crippen LogP contribution in [0.15, 0.2) is 23.1 Å². The third-order valence-electron chi connectivity index (χ3n) is 2.59. The van der Waals surface area contributed by atoms with Crippen LogP contribution in [-0.4, -0.2) is 8.76 Å². The smallest absolute Gasteiger partial charge is 0.177 e. The molecule has 0 aliphatic carbocycles.